The fraction of sp³-hybridized carbons (Fsp3) is 0.444. The number of phenolic OH excluding ortho intramolecular Hbond substituents is 2. The molecule has 0 bridgehead atoms. The molecule has 0 fully saturated rings. The van der Waals surface area contributed by atoms with Crippen LogP contribution in [0.4, 0.5) is 0 Å². The van der Waals surface area contributed by atoms with E-state index in [0.717, 1.165) is 42.9 Å². The van der Waals surface area contributed by atoms with E-state index in [2.05, 4.69) is 21.8 Å². The number of aromatic nitrogens is 2. The molecule has 0 saturated carbocycles. The van der Waals surface area contributed by atoms with Crippen molar-refractivity contribution in [2.75, 3.05) is 13.7 Å². The molecule has 0 radical (unpaired) electrons. The Morgan fingerprint density at radius 1 is 1.36 bits per heavy atom. The number of methoxy groups -OCH3 is 1. The van der Waals surface area contributed by atoms with Crippen LogP contribution in [0.25, 0.3) is 0 Å². The lowest BCUT2D eigenvalue weighted by Crippen LogP contribution is -2.35. The van der Waals surface area contributed by atoms with Gasteiger partial charge in [0.2, 0.25) is 5.75 Å². The van der Waals surface area contributed by atoms with E-state index < -0.39 is 0 Å². The molecule has 3 N–H and O–H groups in total. The van der Waals surface area contributed by atoms with Gasteiger partial charge < -0.3 is 19.9 Å². The molecule has 0 saturated heterocycles. The number of aromatic amines is 1. The van der Waals surface area contributed by atoms with Crippen molar-refractivity contribution in [1.29, 1.82) is 0 Å². The van der Waals surface area contributed by atoms with Gasteiger partial charge >= 0.3 is 0 Å². The number of ether oxygens (including phenoxy) is 1. The van der Waals surface area contributed by atoms with Crippen LogP contribution in [0.5, 0.6) is 17.2 Å². The Balaban J connectivity index is 1.80. The molecule has 1 aromatic heterocycles. The van der Waals surface area contributed by atoms with E-state index in [9.17, 15) is 15.0 Å². The second-order valence-corrected chi connectivity index (χ2v) is 6.31. The number of rotatable bonds is 5. The fourth-order valence-electron chi connectivity index (χ4n) is 3.18. The molecule has 0 atom stereocenters. The van der Waals surface area contributed by atoms with Crippen LogP contribution in [0.1, 0.15) is 36.0 Å². The first kappa shape index (κ1) is 17.3. The molecule has 3 rings (SSSR count). The molecule has 0 unspecified atom stereocenters. The summed E-state index contributed by atoms with van der Waals surface area (Å²) in [5.74, 6) is 0.513. The normalized spacial score (nSPS) is 14.3. The molecule has 134 valence electrons. The zero-order chi connectivity index (χ0) is 18.0. The molecule has 1 aliphatic heterocycles. The van der Waals surface area contributed by atoms with Crippen LogP contribution in [0.3, 0.4) is 0 Å². The number of nitrogens with zero attached hydrogens (tertiary/aromatic N) is 2. The first-order chi connectivity index (χ1) is 12.0. The van der Waals surface area contributed by atoms with Gasteiger partial charge in [-0.15, -0.1) is 0 Å². The molecule has 0 spiro atoms. The maximum Gasteiger partial charge on any atom is 0.255 e. The highest BCUT2D eigenvalue weighted by molar-refractivity contribution is 5.51. The van der Waals surface area contributed by atoms with Gasteiger partial charge in [0.15, 0.2) is 11.5 Å². The van der Waals surface area contributed by atoms with E-state index in [1.165, 1.54) is 13.2 Å². The predicted octanol–water partition coefficient (Wildman–Crippen LogP) is 1.70. The monoisotopic (exact) mass is 345 g/mol. The van der Waals surface area contributed by atoms with E-state index in [-0.39, 0.29) is 22.8 Å². The molecule has 7 nitrogen and oxygen atoms in total. The Kier molecular flexibility index (Phi) is 4.94. The fourth-order valence-corrected chi connectivity index (χ4v) is 3.18. The van der Waals surface area contributed by atoms with Gasteiger partial charge in [-0.2, -0.15) is 0 Å². The van der Waals surface area contributed by atoms with Gasteiger partial charge in [0.1, 0.15) is 5.82 Å². The molecule has 2 heterocycles. The summed E-state index contributed by atoms with van der Waals surface area (Å²) in [7, 11) is 1.44. The van der Waals surface area contributed by atoms with Gasteiger partial charge in [-0.05, 0) is 24.1 Å². The number of aromatic hydroxyl groups is 2. The minimum absolute atomic E-state index is 0.0655. The largest absolute Gasteiger partial charge is 0.504 e. The lowest BCUT2D eigenvalue weighted by atomic mass is 10.1. The Morgan fingerprint density at radius 3 is 2.88 bits per heavy atom. The van der Waals surface area contributed by atoms with Crippen LogP contribution >= 0.6 is 0 Å². The average molecular weight is 345 g/mol. The van der Waals surface area contributed by atoms with Gasteiger partial charge in [-0.3, -0.25) is 9.69 Å². The Hall–Kier alpha value is -2.54. The minimum atomic E-state index is -0.265. The maximum absolute atomic E-state index is 12.3. The minimum Gasteiger partial charge on any atom is -0.504 e. The molecular formula is C18H23N3O4. The summed E-state index contributed by atoms with van der Waals surface area (Å²) in [6, 6.07) is 3.21. The van der Waals surface area contributed by atoms with Crippen LogP contribution in [-0.2, 0) is 25.9 Å². The summed E-state index contributed by atoms with van der Waals surface area (Å²) in [6.45, 7) is 3.88. The van der Waals surface area contributed by atoms with Crippen molar-refractivity contribution in [2.45, 2.75) is 39.3 Å². The topological polar surface area (TPSA) is 98.7 Å². The molecule has 1 aromatic carbocycles. The van der Waals surface area contributed by atoms with Crippen molar-refractivity contribution in [3.63, 3.8) is 0 Å². The Bertz CT molecular complexity index is 832. The van der Waals surface area contributed by atoms with E-state index in [1.807, 2.05) is 0 Å². The SMILES string of the molecule is CCCc1nc2c(c(=O)[nH]1)CN(Cc1cc(O)c(O)c(OC)c1)CC2. The third-order valence-electron chi connectivity index (χ3n) is 4.42. The maximum atomic E-state index is 12.3. The lowest BCUT2D eigenvalue weighted by Gasteiger charge is -2.28. The van der Waals surface area contributed by atoms with Crippen molar-refractivity contribution in [3.05, 3.63) is 45.1 Å². The summed E-state index contributed by atoms with van der Waals surface area (Å²) in [5, 5.41) is 19.5. The zero-order valence-electron chi connectivity index (χ0n) is 14.5. The summed E-state index contributed by atoms with van der Waals surface area (Å²) in [4.78, 5) is 21.9. The Labute approximate surface area is 145 Å². The van der Waals surface area contributed by atoms with Crippen molar-refractivity contribution < 1.29 is 14.9 Å². The smallest absolute Gasteiger partial charge is 0.255 e. The van der Waals surface area contributed by atoms with Crippen LogP contribution in [0.15, 0.2) is 16.9 Å². The van der Waals surface area contributed by atoms with E-state index in [0.29, 0.717) is 18.7 Å². The molecule has 25 heavy (non-hydrogen) atoms. The highest BCUT2D eigenvalue weighted by Crippen LogP contribution is 2.36. The first-order valence-electron chi connectivity index (χ1n) is 8.44. The third-order valence-corrected chi connectivity index (χ3v) is 4.42. The standard InChI is InChI=1S/C18H23N3O4/c1-3-4-16-19-13-5-6-21(10-12(13)18(24)20-16)9-11-7-14(22)17(23)15(8-11)25-2/h7-8,22-23H,3-6,9-10H2,1-2H3,(H,19,20,24). The van der Waals surface area contributed by atoms with Crippen LogP contribution in [0.2, 0.25) is 0 Å². The number of H-pyrrole nitrogens is 1. The highest BCUT2D eigenvalue weighted by atomic mass is 16.5. The molecule has 0 aliphatic carbocycles. The summed E-state index contributed by atoms with van der Waals surface area (Å²) < 4.78 is 5.07. The number of nitrogens with one attached hydrogen (secondary N) is 1. The third kappa shape index (κ3) is 3.61. The number of benzene rings is 1. The van der Waals surface area contributed by atoms with Gasteiger partial charge in [-0.25, -0.2) is 4.98 Å². The number of hydrogen-bond acceptors (Lipinski definition) is 6. The molecule has 1 aliphatic rings. The van der Waals surface area contributed by atoms with E-state index in [1.54, 1.807) is 6.07 Å². The van der Waals surface area contributed by atoms with Gasteiger partial charge in [0.25, 0.3) is 5.56 Å². The van der Waals surface area contributed by atoms with Crippen molar-refractivity contribution in [3.8, 4) is 17.2 Å². The molecule has 0 amide bonds. The number of fused-ring (bicyclic) bond motifs is 1. The zero-order valence-corrected chi connectivity index (χ0v) is 14.5. The second-order valence-electron chi connectivity index (χ2n) is 6.31. The summed E-state index contributed by atoms with van der Waals surface area (Å²) >= 11 is 0. The predicted molar refractivity (Wildman–Crippen MR) is 93.0 cm³/mol. The number of hydrogen-bond donors (Lipinski definition) is 3. The van der Waals surface area contributed by atoms with Crippen molar-refractivity contribution in [2.24, 2.45) is 0 Å². The van der Waals surface area contributed by atoms with Gasteiger partial charge in [0.05, 0.1) is 18.4 Å². The van der Waals surface area contributed by atoms with Crippen molar-refractivity contribution >= 4 is 0 Å². The lowest BCUT2D eigenvalue weighted by molar-refractivity contribution is 0.240. The van der Waals surface area contributed by atoms with E-state index >= 15 is 0 Å². The molecular weight excluding hydrogens is 322 g/mol. The van der Waals surface area contributed by atoms with E-state index in [4.69, 9.17) is 4.74 Å². The first-order valence-corrected chi connectivity index (χ1v) is 8.44. The Morgan fingerprint density at radius 2 is 2.16 bits per heavy atom. The molecule has 7 heteroatoms. The van der Waals surface area contributed by atoms with Crippen LogP contribution in [0, 0.1) is 0 Å². The number of aryl methyl sites for hydroxylation is 1. The van der Waals surface area contributed by atoms with Gasteiger partial charge in [-0.1, -0.05) is 6.92 Å². The van der Waals surface area contributed by atoms with Crippen LogP contribution in [-0.4, -0.2) is 38.7 Å². The highest BCUT2D eigenvalue weighted by Gasteiger charge is 2.22. The summed E-state index contributed by atoms with van der Waals surface area (Å²) in [5.41, 5.74) is 2.34. The summed E-state index contributed by atoms with van der Waals surface area (Å²) in [6.07, 6.45) is 2.44. The van der Waals surface area contributed by atoms with Gasteiger partial charge in [0, 0.05) is 32.5 Å². The quantitative estimate of drug-likeness (QED) is 0.714. The molecule has 2 aromatic rings. The average Bonchev–Trinajstić information content (AvgIpc) is 2.59. The second kappa shape index (κ2) is 7.14. The number of phenols is 2. The van der Waals surface area contributed by atoms with Crippen molar-refractivity contribution in [1.82, 2.24) is 14.9 Å². The van der Waals surface area contributed by atoms with Crippen LogP contribution < -0.4 is 10.3 Å².